The average Bonchev–Trinajstić information content (AvgIpc) is 3.07. The molecule has 3 saturated carbocycles. The Bertz CT molecular complexity index is 666. The zero-order valence-corrected chi connectivity index (χ0v) is 13.1. The summed E-state index contributed by atoms with van der Waals surface area (Å²) in [4.78, 5) is 5.96. The lowest BCUT2D eigenvalue weighted by Crippen LogP contribution is -2.50. The molecule has 130 valence electrons. The molecule has 2 N–H and O–H groups in total. The lowest BCUT2D eigenvalue weighted by molar-refractivity contribution is -0.286. The third-order valence-corrected chi connectivity index (χ3v) is 5.68. The Hall–Kier alpha value is -1.64. The maximum atomic E-state index is 13.1. The van der Waals surface area contributed by atoms with Gasteiger partial charge in [0.25, 0.3) is 0 Å². The Balaban J connectivity index is 1.29. The van der Waals surface area contributed by atoms with Crippen LogP contribution < -0.4 is 20.5 Å². The Labute approximate surface area is 137 Å². The number of benzene rings is 1. The largest absolute Gasteiger partial charge is 0.586 e. The summed E-state index contributed by atoms with van der Waals surface area (Å²) in [6.07, 6.45) is 2.54. The van der Waals surface area contributed by atoms with E-state index in [1.165, 1.54) is 37.8 Å². The van der Waals surface area contributed by atoms with E-state index >= 15 is 0 Å². The third kappa shape index (κ3) is 2.32. The van der Waals surface area contributed by atoms with Gasteiger partial charge >= 0.3 is 6.29 Å². The van der Waals surface area contributed by atoms with E-state index in [2.05, 4.69) is 20.5 Å². The van der Waals surface area contributed by atoms with Crippen molar-refractivity contribution in [3.63, 3.8) is 0 Å². The summed E-state index contributed by atoms with van der Waals surface area (Å²) in [7, 11) is 0. The van der Waals surface area contributed by atoms with E-state index in [0.29, 0.717) is 11.6 Å². The molecule has 0 unspecified atom stereocenters. The van der Waals surface area contributed by atoms with E-state index in [-0.39, 0.29) is 17.1 Å². The van der Waals surface area contributed by atoms with Crippen molar-refractivity contribution in [2.75, 3.05) is 12.0 Å². The fourth-order valence-corrected chi connectivity index (χ4v) is 4.58. The topological polar surface area (TPSA) is 55.0 Å². The molecular weight excluding hydrogens is 320 g/mol. The van der Waals surface area contributed by atoms with Crippen LogP contribution in [-0.4, -0.2) is 23.6 Å². The van der Waals surface area contributed by atoms with E-state index in [9.17, 15) is 8.78 Å². The molecule has 0 aromatic heterocycles. The molecule has 8 heteroatoms. The predicted octanol–water partition coefficient (Wildman–Crippen LogP) is 3.04. The quantitative estimate of drug-likeness (QED) is 0.864. The van der Waals surface area contributed by atoms with Crippen molar-refractivity contribution in [1.29, 1.82) is 0 Å². The third-order valence-electron chi connectivity index (χ3n) is 5.68. The standard InChI is InChI=1S/C16H19F2N3O3/c17-16(18)22-13-6-5-12(7-14(13)23-16)19-21-9-15(24-20-21)8-10-1-3-11(15)4-2-10/h5-7,10-11,19-20H,1-4,8-9H2/t10?,11?,15-/m0/s1. The molecule has 1 atom stereocenters. The van der Waals surface area contributed by atoms with Gasteiger partial charge in [0.2, 0.25) is 0 Å². The van der Waals surface area contributed by atoms with Gasteiger partial charge in [-0.3, -0.25) is 4.84 Å². The first-order valence-electron chi connectivity index (χ1n) is 8.39. The normalized spacial score (nSPS) is 36.4. The van der Waals surface area contributed by atoms with Gasteiger partial charge in [0.05, 0.1) is 12.2 Å². The number of anilines is 1. The zero-order valence-electron chi connectivity index (χ0n) is 13.1. The van der Waals surface area contributed by atoms with Gasteiger partial charge in [0.1, 0.15) is 5.60 Å². The lowest BCUT2D eigenvalue weighted by Gasteiger charge is -2.47. The van der Waals surface area contributed by atoms with Crippen molar-refractivity contribution in [3.8, 4) is 11.5 Å². The number of rotatable bonds is 2. The van der Waals surface area contributed by atoms with Crippen molar-refractivity contribution >= 4 is 5.69 Å². The van der Waals surface area contributed by atoms with Crippen molar-refractivity contribution < 1.29 is 23.1 Å². The van der Waals surface area contributed by atoms with Gasteiger partial charge in [-0.25, -0.2) is 0 Å². The molecule has 1 saturated heterocycles. The average molecular weight is 339 g/mol. The Morgan fingerprint density at radius 1 is 1.12 bits per heavy atom. The summed E-state index contributed by atoms with van der Waals surface area (Å²) in [6.45, 7) is 0.721. The maximum Gasteiger partial charge on any atom is 0.586 e. The molecule has 1 aromatic rings. The second-order valence-electron chi connectivity index (χ2n) is 7.21. The van der Waals surface area contributed by atoms with Crippen LogP contribution in [0, 0.1) is 11.8 Å². The van der Waals surface area contributed by atoms with Gasteiger partial charge < -0.3 is 14.9 Å². The highest BCUT2D eigenvalue weighted by Crippen LogP contribution is 2.50. The van der Waals surface area contributed by atoms with Crippen LogP contribution in [0.4, 0.5) is 14.5 Å². The molecule has 5 aliphatic rings. The van der Waals surface area contributed by atoms with Crippen LogP contribution in [0.15, 0.2) is 18.2 Å². The number of hydrogen-bond acceptors (Lipinski definition) is 6. The second-order valence-corrected chi connectivity index (χ2v) is 7.21. The van der Waals surface area contributed by atoms with Crippen molar-refractivity contribution in [2.45, 2.75) is 44.0 Å². The lowest BCUT2D eigenvalue weighted by atomic mass is 9.62. The molecule has 0 amide bonds. The second kappa shape index (κ2) is 4.93. The maximum absolute atomic E-state index is 13.1. The summed E-state index contributed by atoms with van der Waals surface area (Å²) < 4.78 is 35.1. The predicted molar refractivity (Wildman–Crippen MR) is 80.0 cm³/mol. The number of nitrogens with one attached hydrogen (secondary N) is 2. The molecule has 6 rings (SSSR count). The highest BCUT2D eigenvalue weighted by atomic mass is 19.3. The first kappa shape index (κ1) is 14.7. The van der Waals surface area contributed by atoms with Crippen LogP contribution in [0.5, 0.6) is 11.5 Å². The number of fused-ring (bicyclic) bond motifs is 3. The molecular formula is C16H19F2N3O3. The van der Waals surface area contributed by atoms with E-state index in [1.807, 2.05) is 0 Å². The van der Waals surface area contributed by atoms with E-state index < -0.39 is 6.29 Å². The number of hydrazine groups is 2. The zero-order chi connectivity index (χ0) is 16.4. The number of hydrogen-bond donors (Lipinski definition) is 2. The van der Waals surface area contributed by atoms with Gasteiger partial charge in [0, 0.05) is 6.07 Å². The monoisotopic (exact) mass is 339 g/mol. The molecule has 2 bridgehead atoms. The molecule has 24 heavy (non-hydrogen) atoms. The van der Waals surface area contributed by atoms with Crippen LogP contribution in [-0.2, 0) is 4.84 Å². The highest BCUT2D eigenvalue weighted by molar-refractivity contribution is 5.55. The molecule has 2 heterocycles. The molecule has 1 spiro atoms. The van der Waals surface area contributed by atoms with Crippen LogP contribution >= 0.6 is 0 Å². The minimum absolute atomic E-state index is 0.0246. The molecule has 2 aliphatic heterocycles. The van der Waals surface area contributed by atoms with Gasteiger partial charge in [-0.15, -0.1) is 19.5 Å². The summed E-state index contributed by atoms with van der Waals surface area (Å²) in [6, 6.07) is 4.63. The fraction of sp³-hybridized carbons (Fsp3) is 0.625. The van der Waals surface area contributed by atoms with Gasteiger partial charge in [-0.05, 0) is 56.1 Å². The molecule has 0 radical (unpaired) electrons. The van der Waals surface area contributed by atoms with Crippen LogP contribution in [0.25, 0.3) is 0 Å². The summed E-state index contributed by atoms with van der Waals surface area (Å²) in [5.74, 6) is 1.40. The summed E-state index contributed by atoms with van der Waals surface area (Å²) >= 11 is 0. The van der Waals surface area contributed by atoms with Crippen molar-refractivity contribution in [1.82, 2.24) is 10.7 Å². The minimum Gasteiger partial charge on any atom is -0.395 e. The van der Waals surface area contributed by atoms with Gasteiger partial charge in [-0.2, -0.15) is 0 Å². The van der Waals surface area contributed by atoms with Crippen LogP contribution in [0.1, 0.15) is 32.1 Å². The Morgan fingerprint density at radius 3 is 2.67 bits per heavy atom. The first-order chi connectivity index (χ1) is 11.5. The highest BCUT2D eigenvalue weighted by Gasteiger charge is 2.53. The molecule has 3 aliphatic carbocycles. The summed E-state index contributed by atoms with van der Waals surface area (Å²) in [5, 5.41) is 1.77. The van der Waals surface area contributed by atoms with Crippen LogP contribution in [0.3, 0.4) is 0 Å². The molecule has 1 aromatic carbocycles. The van der Waals surface area contributed by atoms with E-state index in [1.54, 1.807) is 11.2 Å². The summed E-state index contributed by atoms with van der Waals surface area (Å²) in [5.41, 5.74) is 6.57. The molecule has 4 fully saturated rings. The number of halogens is 2. The number of ether oxygens (including phenoxy) is 2. The van der Waals surface area contributed by atoms with Gasteiger partial charge in [-0.1, -0.05) is 0 Å². The smallest absolute Gasteiger partial charge is 0.395 e. The Kier molecular flexibility index (Phi) is 3.02. The minimum atomic E-state index is -3.60. The van der Waals surface area contributed by atoms with Crippen molar-refractivity contribution in [2.24, 2.45) is 11.8 Å². The van der Waals surface area contributed by atoms with Crippen LogP contribution in [0.2, 0.25) is 0 Å². The SMILES string of the molecule is FC1(F)Oc2ccc(NN3C[C@]4(CC5CCC4CC5)ON3)cc2O1. The first-order valence-corrected chi connectivity index (χ1v) is 8.39. The van der Waals surface area contributed by atoms with Gasteiger partial charge in [0.15, 0.2) is 11.5 Å². The molecule has 6 nitrogen and oxygen atoms in total. The fourth-order valence-electron chi connectivity index (χ4n) is 4.58. The number of alkyl halides is 2. The Morgan fingerprint density at radius 2 is 1.92 bits per heavy atom. The number of nitrogens with zero attached hydrogens (tertiary/aromatic N) is 1. The van der Waals surface area contributed by atoms with E-state index in [4.69, 9.17) is 4.84 Å². The van der Waals surface area contributed by atoms with E-state index in [0.717, 1.165) is 18.9 Å². The van der Waals surface area contributed by atoms with Crippen molar-refractivity contribution in [3.05, 3.63) is 18.2 Å².